The number of aromatic hydroxyl groups is 1. The number of carbonyl (C=O) groups is 1. The summed E-state index contributed by atoms with van der Waals surface area (Å²) in [7, 11) is 1.65. The minimum atomic E-state index is -0.138. The Bertz CT molecular complexity index is 1250. The van der Waals surface area contributed by atoms with Crippen LogP contribution in [0.3, 0.4) is 0 Å². The lowest BCUT2D eigenvalue weighted by Crippen LogP contribution is -2.49. The summed E-state index contributed by atoms with van der Waals surface area (Å²) < 4.78 is 5.49. The number of benzene rings is 3. The van der Waals surface area contributed by atoms with Gasteiger partial charge in [0.2, 0.25) is 0 Å². The van der Waals surface area contributed by atoms with E-state index in [-0.39, 0.29) is 17.7 Å². The molecule has 1 saturated heterocycles. The van der Waals surface area contributed by atoms with Gasteiger partial charge in [0.25, 0.3) is 5.91 Å². The van der Waals surface area contributed by atoms with Crippen molar-refractivity contribution in [2.75, 3.05) is 33.3 Å². The number of fused-ring (bicyclic) bond motifs is 1. The lowest BCUT2D eigenvalue weighted by atomic mass is 9.91. The molecule has 3 aromatic carbocycles. The van der Waals surface area contributed by atoms with Crippen LogP contribution in [0.1, 0.15) is 26.8 Å². The number of rotatable bonds is 5. The molecule has 1 fully saturated rings. The maximum Gasteiger partial charge on any atom is 0.264 e. The summed E-state index contributed by atoms with van der Waals surface area (Å²) in [6, 6.07) is 23.6. The second kappa shape index (κ2) is 9.25. The number of nitrogens with zero attached hydrogens (tertiary/aromatic N) is 2. The van der Waals surface area contributed by atoms with Gasteiger partial charge in [-0.05, 0) is 46.0 Å². The summed E-state index contributed by atoms with van der Waals surface area (Å²) in [5, 5.41) is 15.0. The Morgan fingerprint density at radius 2 is 1.73 bits per heavy atom. The van der Waals surface area contributed by atoms with E-state index in [4.69, 9.17) is 4.74 Å². The molecule has 2 heterocycles. The minimum Gasteiger partial charge on any atom is -0.508 e. The van der Waals surface area contributed by atoms with E-state index in [9.17, 15) is 9.90 Å². The molecular formula is C27H26N2O3S. The number of methoxy groups -OCH3 is 1. The predicted octanol–water partition coefficient (Wildman–Crippen LogP) is 5.16. The van der Waals surface area contributed by atoms with Crippen LogP contribution in [0.5, 0.6) is 11.5 Å². The highest BCUT2D eigenvalue weighted by Gasteiger charge is 2.31. The predicted molar refractivity (Wildman–Crippen MR) is 132 cm³/mol. The van der Waals surface area contributed by atoms with Crippen LogP contribution >= 0.6 is 11.3 Å². The quantitative estimate of drug-likeness (QED) is 0.449. The van der Waals surface area contributed by atoms with Crippen LogP contribution in [0, 0.1) is 0 Å². The number of thiophene rings is 1. The summed E-state index contributed by atoms with van der Waals surface area (Å²) in [4.78, 5) is 17.9. The van der Waals surface area contributed by atoms with Crippen LogP contribution in [-0.2, 0) is 0 Å². The number of carbonyl (C=O) groups excluding carboxylic acids is 1. The van der Waals surface area contributed by atoms with Crippen LogP contribution in [0.2, 0.25) is 0 Å². The topological polar surface area (TPSA) is 53.0 Å². The Balaban J connectivity index is 1.53. The molecule has 1 aromatic heterocycles. The van der Waals surface area contributed by atoms with Crippen LogP contribution in [0.25, 0.3) is 10.8 Å². The summed E-state index contributed by atoms with van der Waals surface area (Å²) in [6.45, 7) is 2.73. The molecule has 1 aliphatic rings. The van der Waals surface area contributed by atoms with Gasteiger partial charge in [-0.1, -0.05) is 48.5 Å². The molecule has 0 aliphatic carbocycles. The molecule has 168 valence electrons. The average molecular weight is 459 g/mol. The Labute approximate surface area is 197 Å². The van der Waals surface area contributed by atoms with Gasteiger partial charge >= 0.3 is 0 Å². The van der Waals surface area contributed by atoms with E-state index >= 15 is 0 Å². The van der Waals surface area contributed by atoms with Crippen LogP contribution < -0.4 is 4.74 Å². The summed E-state index contributed by atoms with van der Waals surface area (Å²) in [6.07, 6.45) is 0. The van der Waals surface area contributed by atoms with Crippen molar-refractivity contribution >= 4 is 28.0 Å². The summed E-state index contributed by atoms with van der Waals surface area (Å²) >= 11 is 1.48. The smallest absolute Gasteiger partial charge is 0.264 e. The van der Waals surface area contributed by atoms with Crippen molar-refractivity contribution in [3.05, 3.63) is 94.2 Å². The van der Waals surface area contributed by atoms with Gasteiger partial charge in [0, 0.05) is 31.7 Å². The van der Waals surface area contributed by atoms with E-state index in [0.29, 0.717) is 13.1 Å². The molecule has 4 aromatic rings. The van der Waals surface area contributed by atoms with Gasteiger partial charge in [-0.15, -0.1) is 11.3 Å². The molecule has 5 nitrogen and oxygen atoms in total. The Kier molecular flexibility index (Phi) is 6.03. The molecule has 5 rings (SSSR count). The van der Waals surface area contributed by atoms with E-state index in [1.807, 2.05) is 64.9 Å². The number of amides is 1. The minimum absolute atomic E-state index is 0.0960. The van der Waals surface area contributed by atoms with E-state index < -0.39 is 0 Å². The molecule has 0 saturated carbocycles. The number of piperazine rings is 1. The Morgan fingerprint density at radius 1 is 0.970 bits per heavy atom. The van der Waals surface area contributed by atoms with Gasteiger partial charge in [-0.25, -0.2) is 0 Å². The lowest BCUT2D eigenvalue weighted by Gasteiger charge is -2.40. The highest BCUT2D eigenvalue weighted by Crippen LogP contribution is 2.40. The number of hydrogen-bond acceptors (Lipinski definition) is 5. The van der Waals surface area contributed by atoms with Crippen molar-refractivity contribution in [1.29, 1.82) is 0 Å². The highest BCUT2D eigenvalue weighted by atomic mass is 32.1. The first-order valence-electron chi connectivity index (χ1n) is 11.1. The molecule has 1 N–H and O–H groups in total. The molecule has 0 spiro atoms. The van der Waals surface area contributed by atoms with Crippen molar-refractivity contribution in [3.8, 4) is 11.5 Å². The Hall–Kier alpha value is -3.35. The van der Waals surface area contributed by atoms with Crippen molar-refractivity contribution in [3.63, 3.8) is 0 Å². The van der Waals surface area contributed by atoms with E-state index in [1.54, 1.807) is 13.2 Å². The second-order valence-corrected chi connectivity index (χ2v) is 9.15. The summed E-state index contributed by atoms with van der Waals surface area (Å²) in [5.41, 5.74) is 1.98. The third-order valence-corrected chi connectivity index (χ3v) is 7.19. The zero-order chi connectivity index (χ0) is 22.8. The van der Waals surface area contributed by atoms with Crippen LogP contribution in [0.4, 0.5) is 0 Å². The lowest BCUT2D eigenvalue weighted by molar-refractivity contribution is 0.0601. The fourth-order valence-electron chi connectivity index (χ4n) is 4.66. The number of hydrogen-bond donors (Lipinski definition) is 1. The largest absolute Gasteiger partial charge is 0.508 e. The maximum atomic E-state index is 12.8. The van der Waals surface area contributed by atoms with E-state index in [2.05, 4.69) is 17.0 Å². The molecule has 1 atom stereocenters. The van der Waals surface area contributed by atoms with Crippen molar-refractivity contribution in [2.45, 2.75) is 6.04 Å². The molecule has 6 heteroatoms. The normalized spacial score (nSPS) is 15.5. The molecule has 33 heavy (non-hydrogen) atoms. The fourth-order valence-corrected chi connectivity index (χ4v) is 5.35. The summed E-state index contributed by atoms with van der Waals surface area (Å²) in [5.74, 6) is 1.12. The number of phenols is 1. The van der Waals surface area contributed by atoms with Gasteiger partial charge in [0.1, 0.15) is 11.5 Å². The molecular weight excluding hydrogens is 432 g/mol. The SMILES string of the molecule is COc1ccc2ccc(O)c([C@@H](c3ccccc3)N3CCN(C(=O)c4cccs4)CC3)c2c1. The molecule has 1 amide bonds. The van der Waals surface area contributed by atoms with Crippen molar-refractivity contribution < 1.29 is 14.6 Å². The van der Waals surface area contributed by atoms with Gasteiger partial charge in [-0.3, -0.25) is 9.69 Å². The molecule has 0 bridgehead atoms. The van der Waals surface area contributed by atoms with Gasteiger partial charge < -0.3 is 14.7 Å². The molecule has 0 radical (unpaired) electrons. The third kappa shape index (κ3) is 4.19. The monoisotopic (exact) mass is 458 g/mol. The molecule has 1 aliphatic heterocycles. The van der Waals surface area contributed by atoms with Crippen LogP contribution in [-0.4, -0.2) is 54.1 Å². The zero-order valence-electron chi connectivity index (χ0n) is 18.5. The van der Waals surface area contributed by atoms with Gasteiger partial charge in [-0.2, -0.15) is 0 Å². The van der Waals surface area contributed by atoms with E-state index in [0.717, 1.165) is 45.6 Å². The van der Waals surface area contributed by atoms with E-state index in [1.165, 1.54) is 11.3 Å². The van der Waals surface area contributed by atoms with Gasteiger partial charge in [0.15, 0.2) is 0 Å². The number of phenolic OH excluding ortho intramolecular Hbond substituents is 1. The standard InChI is InChI=1S/C27H26N2O3S/c1-32-21-11-9-19-10-12-23(30)25(22(19)18-21)26(20-6-3-2-4-7-20)28-13-15-29(16-14-28)27(31)24-8-5-17-33-24/h2-12,17-18,26,30H,13-16H2,1H3/t26-/m1/s1. The number of ether oxygens (including phenoxy) is 1. The Morgan fingerprint density at radius 3 is 2.42 bits per heavy atom. The first-order valence-corrected chi connectivity index (χ1v) is 11.9. The molecule has 0 unspecified atom stereocenters. The third-order valence-electron chi connectivity index (χ3n) is 6.33. The average Bonchev–Trinajstić information content (AvgIpc) is 3.41. The first-order chi connectivity index (χ1) is 16.2. The van der Waals surface area contributed by atoms with Crippen molar-refractivity contribution in [1.82, 2.24) is 9.80 Å². The fraction of sp³-hybridized carbons (Fsp3) is 0.222. The van der Waals surface area contributed by atoms with Gasteiger partial charge in [0.05, 0.1) is 18.0 Å². The maximum absolute atomic E-state index is 12.8. The zero-order valence-corrected chi connectivity index (χ0v) is 19.3. The first kappa shape index (κ1) is 21.5. The van der Waals surface area contributed by atoms with Crippen molar-refractivity contribution in [2.24, 2.45) is 0 Å². The van der Waals surface area contributed by atoms with Crippen LogP contribution in [0.15, 0.2) is 78.2 Å². The highest BCUT2D eigenvalue weighted by molar-refractivity contribution is 7.12. The second-order valence-electron chi connectivity index (χ2n) is 8.20.